The molecule has 4 aromatic rings. The molecule has 0 aliphatic heterocycles. The molecule has 4 rings (SSSR count). The molecule has 0 unspecified atom stereocenters. The minimum atomic E-state index is -4.77. The van der Waals surface area contributed by atoms with E-state index in [2.05, 4.69) is 15.2 Å². The van der Waals surface area contributed by atoms with Gasteiger partial charge in [-0.25, -0.2) is 4.98 Å². The standard InChI is InChI=1S/C17H10F6N4/c1-8-4-9(5-10-6-24-26-14(8)10)13-11(16(18,19)20)2-3-27-7-12(17(21,22)23)25-15(13)27/h2-7H,1H3,(H,24,26). The Labute approximate surface area is 147 Å². The fraction of sp³-hybridized carbons (Fsp3) is 0.176. The number of pyridine rings is 1. The van der Waals surface area contributed by atoms with Crippen LogP contribution in [0.3, 0.4) is 0 Å². The van der Waals surface area contributed by atoms with Gasteiger partial charge >= 0.3 is 12.4 Å². The predicted molar refractivity (Wildman–Crippen MR) is 85.0 cm³/mol. The fourth-order valence-electron chi connectivity index (χ4n) is 3.09. The third-order valence-electron chi connectivity index (χ3n) is 4.26. The number of hydrogen-bond donors (Lipinski definition) is 1. The van der Waals surface area contributed by atoms with Crippen molar-refractivity contribution in [2.24, 2.45) is 0 Å². The van der Waals surface area contributed by atoms with Gasteiger partial charge in [-0.05, 0) is 36.2 Å². The number of alkyl halides is 6. The van der Waals surface area contributed by atoms with Gasteiger partial charge in [-0.2, -0.15) is 31.4 Å². The van der Waals surface area contributed by atoms with Crippen LogP contribution in [0.1, 0.15) is 16.8 Å². The second-order valence-corrected chi connectivity index (χ2v) is 6.08. The molecule has 1 N–H and O–H groups in total. The van der Waals surface area contributed by atoms with Gasteiger partial charge in [0.25, 0.3) is 0 Å². The normalized spacial score (nSPS) is 13.0. The minimum Gasteiger partial charge on any atom is -0.306 e. The van der Waals surface area contributed by atoms with Crippen LogP contribution in [0, 0.1) is 6.92 Å². The first-order chi connectivity index (χ1) is 12.6. The van der Waals surface area contributed by atoms with Crippen molar-refractivity contribution in [1.82, 2.24) is 19.6 Å². The van der Waals surface area contributed by atoms with Gasteiger partial charge in [0.1, 0.15) is 5.65 Å². The number of hydrogen-bond acceptors (Lipinski definition) is 2. The summed E-state index contributed by atoms with van der Waals surface area (Å²) >= 11 is 0. The SMILES string of the molecule is Cc1cc(-c2c(C(F)(F)F)ccn3cc(C(F)(F)F)nc23)cc2cn[nH]c12. The predicted octanol–water partition coefficient (Wildman–Crippen LogP) is 5.22. The van der Waals surface area contributed by atoms with Crippen molar-refractivity contribution in [3.63, 3.8) is 0 Å². The van der Waals surface area contributed by atoms with Crippen molar-refractivity contribution in [2.75, 3.05) is 0 Å². The number of rotatable bonds is 1. The molecule has 0 amide bonds. The van der Waals surface area contributed by atoms with Gasteiger partial charge in [0.05, 0.1) is 17.3 Å². The third-order valence-corrected chi connectivity index (χ3v) is 4.26. The van der Waals surface area contributed by atoms with Crippen LogP contribution in [0.5, 0.6) is 0 Å². The van der Waals surface area contributed by atoms with Crippen molar-refractivity contribution < 1.29 is 26.3 Å². The quantitative estimate of drug-likeness (QED) is 0.457. The second kappa shape index (κ2) is 5.48. The first-order valence-corrected chi connectivity index (χ1v) is 7.66. The lowest BCUT2D eigenvalue weighted by atomic mass is 9.97. The number of benzene rings is 1. The molecule has 0 bridgehead atoms. The molecule has 0 saturated carbocycles. The summed E-state index contributed by atoms with van der Waals surface area (Å²) in [5, 5.41) is 7.12. The number of H-pyrrole nitrogens is 1. The fourth-order valence-corrected chi connectivity index (χ4v) is 3.09. The summed E-state index contributed by atoms with van der Waals surface area (Å²) in [5.74, 6) is 0. The lowest BCUT2D eigenvalue weighted by molar-refractivity contribution is -0.140. The van der Waals surface area contributed by atoms with Crippen molar-refractivity contribution in [3.8, 4) is 11.1 Å². The number of nitrogens with one attached hydrogen (secondary N) is 1. The Kier molecular flexibility index (Phi) is 3.53. The molecule has 10 heteroatoms. The molecule has 0 radical (unpaired) electrons. The van der Waals surface area contributed by atoms with Gasteiger partial charge in [-0.15, -0.1) is 0 Å². The second-order valence-electron chi connectivity index (χ2n) is 6.08. The molecule has 3 aromatic heterocycles. The van der Waals surface area contributed by atoms with Crippen LogP contribution in [0.4, 0.5) is 26.3 Å². The van der Waals surface area contributed by atoms with Crippen LogP contribution < -0.4 is 0 Å². The summed E-state index contributed by atoms with van der Waals surface area (Å²) in [6.07, 6.45) is -6.51. The molecule has 0 aliphatic rings. The number of aromatic nitrogens is 4. The molecule has 4 nitrogen and oxygen atoms in total. The van der Waals surface area contributed by atoms with Crippen LogP contribution in [-0.4, -0.2) is 19.6 Å². The van der Waals surface area contributed by atoms with E-state index in [1.54, 1.807) is 6.92 Å². The van der Waals surface area contributed by atoms with Crippen molar-refractivity contribution in [3.05, 3.63) is 53.6 Å². The molecule has 0 spiro atoms. The van der Waals surface area contributed by atoms with E-state index in [0.29, 0.717) is 22.7 Å². The number of aromatic amines is 1. The Morgan fingerprint density at radius 1 is 1.04 bits per heavy atom. The van der Waals surface area contributed by atoms with Gasteiger partial charge in [-0.3, -0.25) is 5.10 Å². The lowest BCUT2D eigenvalue weighted by Gasteiger charge is -2.15. The van der Waals surface area contributed by atoms with Crippen molar-refractivity contribution >= 4 is 16.6 Å². The highest BCUT2D eigenvalue weighted by Gasteiger charge is 2.38. The van der Waals surface area contributed by atoms with Crippen molar-refractivity contribution in [2.45, 2.75) is 19.3 Å². The maximum absolute atomic E-state index is 13.6. The van der Waals surface area contributed by atoms with E-state index in [1.165, 1.54) is 18.3 Å². The monoisotopic (exact) mass is 384 g/mol. The first kappa shape index (κ1) is 17.4. The molecular weight excluding hydrogens is 374 g/mol. The highest BCUT2D eigenvalue weighted by atomic mass is 19.4. The van der Waals surface area contributed by atoms with Crippen LogP contribution in [0.15, 0.2) is 36.8 Å². The van der Waals surface area contributed by atoms with E-state index < -0.39 is 34.8 Å². The molecular formula is C17H10F6N4. The van der Waals surface area contributed by atoms with E-state index >= 15 is 0 Å². The minimum absolute atomic E-state index is 0.110. The summed E-state index contributed by atoms with van der Waals surface area (Å²) in [4.78, 5) is 3.45. The highest BCUT2D eigenvalue weighted by molar-refractivity contribution is 5.91. The summed E-state index contributed by atoms with van der Waals surface area (Å²) in [7, 11) is 0. The van der Waals surface area contributed by atoms with Crippen molar-refractivity contribution in [1.29, 1.82) is 0 Å². The molecule has 0 aliphatic carbocycles. The van der Waals surface area contributed by atoms with Gasteiger partial charge in [0.2, 0.25) is 0 Å². The van der Waals surface area contributed by atoms with Crippen LogP contribution in [0.25, 0.3) is 27.7 Å². The first-order valence-electron chi connectivity index (χ1n) is 7.66. The number of nitrogens with zero attached hydrogens (tertiary/aromatic N) is 3. The molecule has 140 valence electrons. The smallest absolute Gasteiger partial charge is 0.306 e. The zero-order chi connectivity index (χ0) is 19.6. The summed E-state index contributed by atoms with van der Waals surface area (Å²) in [6.45, 7) is 1.67. The average Bonchev–Trinajstić information content (AvgIpc) is 3.18. The number of fused-ring (bicyclic) bond motifs is 2. The zero-order valence-electron chi connectivity index (χ0n) is 13.6. The molecule has 27 heavy (non-hydrogen) atoms. The Balaban J connectivity index is 2.10. The Morgan fingerprint density at radius 2 is 1.78 bits per heavy atom. The van der Waals surface area contributed by atoms with E-state index in [4.69, 9.17) is 0 Å². The lowest BCUT2D eigenvalue weighted by Crippen LogP contribution is -2.09. The molecule has 3 heterocycles. The third kappa shape index (κ3) is 2.81. The number of aryl methyl sites for hydroxylation is 1. The average molecular weight is 384 g/mol. The highest BCUT2D eigenvalue weighted by Crippen LogP contribution is 2.41. The summed E-state index contributed by atoms with van der Waals surface area (Å²) in [6, 6.07) is 3.66. The largest absolute Gasteiger partial charge is 0.434 e. The van der Waals surface area contributed by atoms with Gasteiger partial charge in [0, 0.05) is 23.3 Å². The molecule has 0 saturated heterocycles. The van der Waals surface area contributed by atoms with Crippen LogP contribution in [0.2, 0.25) is 0 Å². The van der Waals surface area contributed by atoms with E-state index in [0.717, 1.165) is 16.7 Å². The molecule has 1 aromatic carbocycles. The van der Waals surface area contributed by atoms with Gasteiger partial charge in [-0.1, -0.05) is 0 Å². The Hall–Kier alpha value is -3.04. The number of imidazole rings is 1. The van der Waals surface area contributed by atoms with Gasteiger partial charge < -0.3 is 4.40 Å². The maximum Gasteiger partial charge on any atom is 0.434 e. The summed E-state index contributed by atoms with van der Waals surface area (Å²) < 4.78 is 80.7. The Morgan fingerprint density at radius 3 is 2.44 bits per heavy atom. The molecule has 0 atom stereocenters. The van der Waals surface area contributed by atoms with Gasteiger partial charge in [0.15, 0.2) is 5.69 Å². The van der Waals surface area contributed by atoms with Crippen LogP contribution in [-0.2, 0) is 12.4 Å². The maximum atomic E-state index is 13.6. The van der Waals surface area contributed by atoms with E-state index in [9.17, 15) is 26.3 Å². The summed E-state index contributed by atoms with van der Waals surface area (Å²) in [5.41, 5.74) is -1.79. The van der Waals surface area contributed by atoms with E-state index in [-0.39, 0.29) is 5.56 Å². The molecule has 0 fully saturated rings. The number of halogens is 6. The zero-order valence-corrected chi connectivity index (χ0v) is 13.6. The van der Waals surface area contributed by atoms with Crippen LogP contribution >= 0.6 is 0 Å². The topological polar surface area (TPSA) is 46.0 Å². The van der Waals surface area contributed by atoms with E-state index in [1.807, 2.05) is 0 Å². The Bertz CT molecular complexity index is 1170.